The zero-order valence-electron chi connectivity index (χ0n) is 8.31. The van der Waals surface area contributed by atoms with E-state index in [0.29, 0.717) is 5.71 Å². The number of nitrogens with one attached hydrogen (secondary N) is 1. The lowest BCUT2D eigenvalue weighted by atomic mass is 10.2. The Morgan fingerprint density at radius 1 is 0.917 bits per heavy atom. The average molecular weight is 163 g/mol. The number of rotatable bonds is 0. The van der Waals surface area contributed by atoms with Gasteiger partial charge < -0.3 is 5.41 Å². The maximum Gasteiger partial charge on any atom is 0.00272 e. The first-order valence-electron chi connectivity index (χ1n) is 4.07. The van der Waals surface area contributed by atoms with Crippen LogP contribution in [0.25, 0.3) is 0 Å². The van der Waals surface area contributed by atoms with E-state index in [4.69, 9.17) is 5.41 Å². The monoisotopic (exact) mass is 163 g/mol. The summed E-state index contributed by atoms with van der Waals surface area (Å²) in [5.74, 6) is 0. The molecule has 66 valence electrons. The van der Waals surface area contributed by atoms with E-state index in [1.807, 2.05) is 0 Å². The molecule has 0 saturated carbocycles. The summed E-state index contributed by atoms with van der Waals surface area (Å²) < 4.78 is 0. The Morgan fingerprint density at radius 3 is 1.25 bits per heavy atom. The van der Waals surface area contributed by atoms with Crippen molar-refractivity contribution in [2.45, 2.75) is 27.7 Å². The van der Waals surface area contributed by atoms with E-state index < -0.39 is 0 Å². The standard InChI is InChI=1S/C8H10.C3H7N/c1-7-3-5-8(2)6-4-7;1-3(2)4/h3-6H,1-2H3;4H,1-2H3. The van der Waals surface area contributed by atoms with Gasteiger partial charge in [0.05, 0.1) is 0 Å². The molecule has 0 saturated heterocycles. The Labute approximate surface area is 74.9 Å². The van der Waals surface area contributed by atoms with Crippen LogP contribution in [-0.4, -0.2) is 5.71 Å². The topological polar surface area (TPSA) is 23.9 Å². The van der Waals surface area contributed by atoms with Crippen molar-refractivity contribution in [2.24, 2.45) is 0 Å². The molecule has 0 spiro atoms. The third-order valence-electron chi connectivity index (χ3n) is 1.22. The smallest absolute Gasteiger partial charge is 0.00272 e. The Morgan fingerprint density at radius 2 is 1.08 bits per heavy atom. The van der Waals surface area contributed by atoms with Gasteiger partial charge in [-0.2, -0.15) is 0 Å². The van der Waals surface area contributed by atoms with Crippen molar-refractivity contribution in [3.63, 3.8) is 0 Å². The number of hydrogen-bond acceptors (Lipinski definition) is 1. The van der Waals surface area contributed by atoms with E-state index >= 15 is 0 Å². The van der Waals surface area contributed by atoms with Crippen molar-refractivity contribution in [1.29, 1.82) is 5.41 Å². The maximum absolute atomic E-state index is 6.50. The number of aryl methyl sites for hydroxylation is 2. The normalized spacial score (nSPS) is 8.33. The molecule has 1 aromatic carbocycles. The van der Waals surface area contributed by atoms with Gasteiger partial charge in [-0.25, -0.2) is 0 Å². The van der Waals surface area contributed by atoms with Gasteiger partial charge in [-0.15, -0.1) is 0 Å². The summed E-state index contributed by atoms with van der Waals surface area (Å²) in [7, 11) is 0. The highest BCUT2D eigenvalue weighted by atomic mass is 14.3. The van der Waals surface area contributed by atoms with E-state index in [0.717, 1.165) is 0 Å². The minimum atomic E-state index is 0.667. The molecule has 1 heteroatoms. The van der Waals surface area contributed by atoms with Crippen LogP contribution in [0.5, 0.6) is 0 Å². The first-order valence-corrected chi connectivity index (χ1v) is 4.07. The molecule has 0 aliphatic heterocycles. The molecule has 0 radical (unpaired) electrons. The summed E-state index contributed by atoms with van der Waals surface area (Å²) >= 11 is 0. The van der Waals surface area contributed by atoms with Gasteiger partial charge in [-0.05, 0) is 27.7 Å². The number of hydrogen-bond donors (Lipinski definition) is 1. The zero-order chi connectivity index (χ0) is 9.56. The predicted octanol–water partition coefficient (Wildman–Crippen LogP) is 3.35. The molecule has 0 amide bonds. The lowest BCUT2D eigenvalue weighted by molar-refractivity contribution is 1.40. The van der Waals surface area contributed by atoms with Crippen molar-refractivity contribution in [1.82, 2.24) is 0 Å². The Bertz CT molecular complexity index is 209. The molecule has 1 rings (SSSR count). The fraction of sp³-hybridized carbons (Fsp3) is 0.364. The molecule has 1 aromatic rings. The average Bonchev–Trinajstić information content (AvgIpc) is 1.94. The van der Waals surface area contributed by atoms with Crippen LogP contribution >= 0.6 is 0 Å². The largest absolute Gasteiger partial charge is 0.310 e. The SMILES string of the molecule is CC(C)=N.Cc1ccc(C)cc1. The molecule has 0 unspecified atom stereocenters. The van der Waals surface area contributed by atoms with Gasteiger partial charge in [0.1, 0.15) is 0 Å². The van der Waals surface area contributed by atoms with Gasteiger partial charge in [0.25, 0.3) is 0 Å². The zero-order valence-corrected chi connectivity index (χ0v) is 8.31. The fourth-order valence-electron chi connectivity index (χ4n) is 0.637. The minimum Gasteiger partial charge on any atom is -0.310 e. The van der Waals surface area contributed by atoms with Gasteiger partial charge in [0.15, 0.2) is 0 Å². The molecule has 12 heavy (non-hydrogen) atoms. The van der Waals surface area contributed by atoms with Crippen LogP contribution in [0.2, 0.25) is 0 Å². The summed E-state index contributed by atoms with van der Waals surface area (Å²) in [6, 6.07) is 8.48. The Kier molecular flexibility index (Phi) is 5.02. The summed E-state index contributed by atoms with van der Waals surface area (Å²) in [4.78, 5) is 0. The van der Waals surface area contributed by atoms with Gasteiger partial charge in [0.2, 0.25) is 0 Å². The quantitative estimate of drug-likeness (QED) is 0.567. The first kappa shape index (κ1) is 10.9. The highest BCUT2D eigenvalue weighted by Crippen LogP contribution is 1.99. The second-order valence-corrected chi connectivity index (χ2v) is 3.15. The van der Waals surface area contributed by atoms with E-state index in [1.165, 1.54) is 11.1 Å². The summed E-state index contributed by atoms with van der Waals surface area (Å²) in [5, 5.41) is 6.50. The molecule has 0 atom stereocenters. The van der Waals surface area contributed by atoms with Crippen LogP contribution in [0.4, 0.5) is 0 Å². The molecule has 1 N–H and O–H groups in total. The Hall–Kier alpha value is -1.11. The highest BCUT2D eigenvalue weighted by molar-refractivity contribution is 5.75. The highest BCUT2D eigenvalue weighted by Gasteiger charge is 1.79. The second-order valence-electron chi connectivity index (χ2n) is 3.15. The third-order valence-corrected chi connectivity index (χ3v) is 1.22. The van der Waals surface area contributed by atoms with Gasteiger partial charge in [-0.3, -0.25) is 0 Å². The van der Waals surface area contributed by atoms with Crippen LogP contribution in [0.15, 0.2) is 24.3 Å². The molecule has 0 fully saturated rings. The first-order chi connectivity index (χ1) is 5.52. The molecule has 0 bridgehead atoms. The van der Waals surface area contributed by atoms with Crippen molar-refractivity contribution in [3.05, 3.63) is 35.4 Å². The van der Waals surface area contributed by atoms with E-state index in [9.17, 15) is 0 Å². The van der Waals surface area contributed by atoms with Gasteiger partial charge in [0, 0.05) is 5.71 Å². The summed E-state index contributed by atoms with van der Waals surface area (Å²) in [6.45, 7) is 7.69. The molecule has 1 nitrogen and oxygen atoms in total. The van der Waals surface area contributed by atoms with Crippen molar-refractivity contribution < 1.29 is 0 Å². The van der Waals surface area contributed by atoms with E-state index in [-0.39, 0.29) is 0 Å². The molecular weight excluding hydrogens is 146 g/mol. The molecular formula is C11H17N. The lowest BCUT2D eigenvalue weighted by Gasteiger charge is -1.90. The lowest BCUT2D eigenvalue weighted by Crippen LogP contribution is -1.70. The summed E-state index contributed by atoms with van der Waals surface area (Å²) in [5.41, 5.74) is 3.33. The van der Waals surface area contributed by atoms with Crippen molar-refractivity contribution in [3.8, 4) is 0 Å². The van der Waals surface area contributed by atoms with E-state index in [2.05, 4.69) is 38.1 Å². The van der Waals surface area contributed by atoms with Gasteiger partial charge in [-0.1, -0.05) is 35.4 Å². The van der Waals surface area contributed by atoms with Crippen LogP contribution in [-0.2, 0) is 0 Å². The molecule has 0 aromatic heterocycles. The second kappa shape index (κ2) is 5.53. The van der Waals surface area contributed by atoms with Crippen molar-refractivity contribution in [2.75, 3.05) is 0 Å². The Balaban J connectivity index is 0.000000261. The summed E-state index contributed by atoms with van der Waals surface area (Å²) in [6.07, 6.45) is 0. The van der Waals surface area contributed by atoms with E-state index in [1.54, 1.807) is 13.8 Å². The number of benzene rings is 1. The van der Waals surface area contributed by atoms with Crippen LogP contribution < -0.4 is 0 Å². The molecule has 0 aliphatic carbocycles. The molecule has 0 heterocycles. The van der Waals surface area contributed by atoms with Gasteiger partial charge >= 0.3 is 0 Å². The third kappa shape index (κ3) is 7.00. The maximum atomic E-state index is 6.50. The van der Waals surface area contributed by atoms with Crippen LogP contribution in [0.1, 0.15) is 25.0 Å². The predicted molar refractivity (Wildman–Crippen MR) is 55.0 cm³/mol. The minimum absolute atomic E-state index is 0.667. The van der Waals surface area contributed by atoms with Crippen LogP contribution in [0, 0.1) is 19.3 Å². The van der Waals surface area contributed by atoms with Crippen molar-refractivity contribution >= 4 is 5.71 Å². The molecule has 0 aliphatic rings. The van der Waals surface area contributed by atoms with Crippen LogP contribution in [0.3, 0.4) is 0 Å². The fourth-order valence-corrected chi connectivity index (χ4v) is 0.637.